The van der Waals surface area contributed by atoms with E-state index >= 15 is 0 Å². The molecule has 0 aliphatic rings. The number of aliphatic hydroxyl groups excluding tert-OH is 1. The minimum Gasteiger partial charge on any atom is -0.497 e. The molecule has 0 saturated carbocycles. The molecule has 0 fully saturated rings. The van der Waals surface area contributed by atoms with Gasteiger partial charge in [-0.3, -0.25) is 9.78 Å². The van der Waals surface area contributed by atoms with Crippen molar-refractivity contribution in [2.45, 2.75) is 25.7 Å². The van der Waals surface area contributed by atoms with E-state index in [1.54, 1.807) is 14.0 Å². The predicted octanol–water partition coefficient (Wildman–Crippen LogP) is 0.943. The van der Waals surface area contributed by atoms with Crippen LogP contribution in [0.5, 0.6) is 5.75 Å². The fourth-order valence-electron chi connectivity index (χ4n) is 2.46. The number of hydrogen-bond acceptors (Lipinski definition) is 8. The second kappa shape index (κ2) is 7.46. The highest BCUT2D eigenvalue weighted by atomic mass is 16.5. The van der Waals surface area contributed by atoms with Crippen LogP contribution in [0, 0.1) is 0 Å². The Kier molecular flexibility index (Phi) is 5.10. The Labute approximate surface area is 148 Å². The second-order valence-corrected chi connectivity index (χ2v) is 5.74. The molecular formula is C17H19N5O4. The van der Waals surface area contributed by atoms with Crippen LogP contribution < -0.4 is 16.0 Å². The van der Waals surface area contributed by atoms with Crippen LogP contribution >= 0.6 is 0 Å². The smallest absolute Gasteiger partial charge is 0.280 e. The minimum absolute atomic E-state index is 0.0348. The average Bonchev–Trinajstić information content (AvgIpc) is 2.62. The quantitative estimate of drug-likeness (QED) is 0.593. The van der Waals surface area contributed by atoms with Gasteiger partial charge in [0.15, 0.2) is 11.2 Å². The van der Waals surface area contributed by atoms with Crippen LogP contribution in [-0.2, 0) is 11.3 Å². The van der Waals surface area contributed by atoms with E-state index in [9.17, 15) is 9.90 Å². The van der Waals surface area contributed by atoms with Gasteiger partial charge in [0.05, 0.1) is 31.7 Å². The first-order valence-corrected chi connectivity index (χ1v) is 7.93. The topological polar surface area (TPSA) is 136 Å². The zero-order chi connectivity index (χ0) is 18.7. The summed E-state index contributed by atoms with van der Waals surface area (Å²) in [6.45, 7) is 1.83. The van der Waals surface area contributed by atoms with Crippen molar-refractivity contribution in [3.05, 3.63) is 52.1 Å². The standard InChI is InChI=1S/C17H19N5O4/c1-9(23)14(26-8-10-3-5-11(25-2)6-4-10)12-7-19-15-13(20-12)16(24)22-17(18)21-15/h3-7,9,14,23H,8H2,1-2H3,(H3,18,19,21,22,24)/t9-,14+/m0/s1. The number of anilines is 1. The molecule has 2 aromatic heterocycles. The predicted molar refractivity (Wildman–Crippen MR) is 94.6 cm³/mol. The fraction of sp³-hybridized carbons (Fsp3) is 0.294. The zero-order valence-corrected chi connectivity index (χ0v) is 14.3. The number of aliphatic hydroxyl groups is 1. The van der Waals surface area contributed by atoms with Gasteiger partial charge >= 0.3 is 0 Å². The van der Waals surface area contributed by atoms with Crippen molar-refractivity contribution in [3.63, 3.8) is 0 Å². The number of methoxy groups -OCH3 is 1. The molecule has 9 nitrogen and oxygen atoms in total. The van der Waals surface area contributed by atoms with Gasteiger partial charge in [-0.1, -0.05) is 12.1 Å². The van der Waals surface area contributed by atoms with Gasteiger partial charge in [0.25, 0.3) is 5.56 Å². The van der Waals surface area contributed by atoms with Gasteiger partial charge in [-0.05, 0) is 24.6 Å². The number of nitrogens with two attached hydrogens (primary N) is 1. The van der Waals surface area contributed by atoms with Crippen molar-refractivity contribution in [2.75, 3.05) is 12.8 Å². The van der Waals surface area contributed by atoms with E-state index < -0.39 is 17.8 Å². The molecule has 0 amide bonds. The van der Waals surface area contributed by atoms with Crippen molar-refractivity contribution in [3.8, 4) is 5.75 Å². The van der Waals surface area contributed by atoms with Gasteiger partial charge < -0.3 is 20.3 Å². The van der Waals surface area contributed by atoms with Crippen molar-refractivity contribution in [1.82, 2.24) is 19.9 Å². The Morgan fingerprint density at radius 2 is 2.00 bits per heavy atom. The SMILES string of the molecule is COc1ccc(CO[C@@H](c2cnc3nc(N)[nH]c(=O)c3n2)[C@H](C)O)cc1. The summed E-state index contributed by atoms with van der Waals surface area (Å²) in [5, 5.41) is 10.1. The molecule has 0 spiro atoms. The van der Waals surface area contributed by atoms with Gasteiger partial charge in [0.1, 0.15) is 11.9 Å². The number of nitrogen functional groups attached to an aromatic ring is 1. The van der Waals surface area contributed by atoms with Gasteiger partial charge in [-0.2, -0.15) is 4.98 Å². The second-order valence-electron chi connectivity index (χ2n) is 5.74. The molecule has 3 rings (SSSR count). The maximum atomic E-state index is 12.0. The number of hydrogen-bond donors (Lipinski definition) is 3. The number of fused-ring (bicyclic) bond motifs is 1. The van der Waals surface area contributed by atoms with Gasteiger partial charge in [-0.25, -0.2) is 9.97 Å². The van der Waals surface area contributed by atoms with E-state index in [-0.39, 0.29) is 23.7 Å². The number of nitrogens with one attached hydrogen (secondary N) is 1. The summed E-state index contributed by atoms with van der Waals surface area (Å²) >= 11 is 0. The molecule has 0 bridgehead atoms. The molecule has 3 aromatic rings. The molecule has 0 unspecified atom stereocenters. The highest BCUT2D eigenvalue weighted by Gasteiger charge is 2.21. The summed E-state index contributed by atoms with van der Waals surface area (Å²) in [4.78, 5) is 26.6. The fourth-order valence-corrected chi connectivity index (χ4v) is 2.46. The first-order valence-electron chi connectivity index (χ1n) is 7.93. The molecule has 26 heavy (non-hydrogen) atoms. The van der Waals surface area contributed by atoms with E-state index in [0.29, 0.717) is 5.69 Å². The average molecular weight is 357 g/mol. The summed E-state index contributed by atoms with van der Waals surface area (Å²) in [7, 11) is 1.59. The summed E-state index contributed by atoms with van der Waals surface area (Å²) in [5.41, 5.74) is 6.40. The minimum atomic E-state index is -0.860. The van der Waals surface area contributed by atoms with E-state index in [1.165, 1.54) is 6.20 Å². The van der Waals surface area contributed by atoms with Crippen LogP contribution in [0.1, 0.15) is 24.3 Å². The normalized spacial score (nSPS) is 13.5. The summed E-state index contributed by atoms with van der Waals surface area (Å²) in [5.74, 6) is 0.708. The number of H-pyrrole nitrogens is 1. The zero-order valence-electron chi connectivity index (χ0n) is 14.3. The van der Waals surface area contributed by atoms with E-state index in [4.69, 9.17) is 15.2 Å². The van der Waals surface area contributed by atoms with Crippen molar-refractivity contribution < 1.29 is 14.6 Å². The van der Waals surface area contributed by atoms with Crippen LogP contribution in [0.15, 0.2) is 35.3 Å². The number of aromatic nitrogens is 4. The van der Waals surface area contributed by atoms with Crippen molar-refractivity contribution in [1.29, 1.82) is 0 Å². The lowest BCUT2D eigenvalue weighted by atomic mass is 10.1. The third-order valence-corrected chi connectivity index (χ3v) is 3.77. The van der Waals surface area contributed by atoms with Crippen LogP contribution in [0.25, 0.3) is 11.2 Å². The van der Waals surface area contributed by atoms with E-state index in [0.717, 1.165) is 11.3 Å². The molecule has 2 atom stereocenters. The molecule has 0 saturated heterocycles. The van der Waals surface area contributed by atoms with Crippen LogP contribution in [0.3, 0.4) is 0 Å². The highest BCUT2D eigenvalue weighted by molar-refractivity contribution is 5.69. The van der Waals surface area contributed by atoms with Crippen molar-refractivity contribution in [2.24, 2.45) is 0 Å². The molecule has 1 aromatic carbocycles. The Bertz CT molecular complexity index is 956. The molecule has 136 valence electrons. The first-order chi connectivity index (χ1) is 12.5. The summed E-state index contributed by atoms with van der Waals surface area (Å²) in [6, 6.07) is 7.37. The van der Waals surface area contributed by atoms with Crippen molar-refractivity contribution >= 4 is 17.1 Å². The molecule has 0 aliphatic carbocycles. The summed E-state index contributed by atoms with van der Waals surface area (Å²) < 4.78 is 10.9. The van der Waals surface area contributed by atoms with Crippen LogP contribution in [0.2, 0.25) is 0 Å². The summed E-state index contributed by atoms with van der Waals surface area (Å²) in [6.07, 6.45) is -0.202. The number of ether oxygens (including phenoxy) is 2. The molecule has 0 radical (unpaired) electrons. The highest BCUT2D eigenvalue weighted by Crippen LogP contribution is 2.22. The van der Waals surface area contributed by atoms with Crippen LogP contribution in [-0.4, -0.2) is 38.3 Å². The lowest BCUT2D eigenvalue weighted by Crippen LogP contribution is -2.21. The number of aromatic amines is 1. The lowest BCUT2D eigenvalue weighted by Gasteiger charge is -2.20. The molecular weight excluding hydrogens is 338 g/mol. The Hall–Kier alpha value is -3.04. The Morgan fingerprint density at radius 3 is 2.65 bits per heavy atom. The first kappa shape index (κ1) is 17.8. The third kappa shape index (κ3) is 3.79. The van der Waals surface area contributed by atoms with Gasteiger partial charge in [0, 0.05) is 0 Å². The molecule has 2 heterocycles. The number of rotatable bonds is 6. The van der Waals surface area contributed by atoms with E-state index in [2.05, 4.69) is 19.9 Å². The largest absolute Gasteiger partial charge is 0.497 e. The Morgan fingerprint density at radius 1 is 1.27 bits per heavy atom. The number of benzene rings is 1. The van der Waals surface area contributed by atoms with Gasteiger partial charge in [-0.15, -0.1) is 0 Å². The number of nitrogens with zero attached hydrogens (tertiary/aromatic N) is 3. The molecule has 4 N–H and O–H groups in total. The lowest BCUT2D eigenvalue weighted by molar-refractivity contribution is -0.0424. The maximum absolute atomic E-state index is 12.0. The maximum Gasteiger partial charge on any atom is 0.280 e. The molecule has 0 aliphatic heterocycles. The molecule has 9 heteroatoms. The third-order valence-electron chi connectivity index (χ3n) is 3.77. The van der Waals surface area contributed by atoms with Gasteiger partial charge in [0.2, 0.25) is 5.95 Å². The Balaban J connectivity index is 1.85. The van der Waals surface area contributed by atoms with E-state index in [1.807, 2.05) is 24.3 Å². The monoisotopic (exact) mass is 357 g/mol. The van der Waals surface area contributed by atoms with Crippen LogP contribution in [0.4, 0.5) is 5.95 Å².